The lowest BCUT2D eigenvalue weighted by atomic mass is 9.54. The second kappa shape index (κ2) is 12.1. The van der Waals surface area contributed by atoms with E-state index in [4.69, 9.17) is 51.6 Å². The van der Waals surface area contributed by atoms with Gasteiger partial charge in [-0.05, 0) is 71.9 Å². The molecule has 1 fully saturated rings. The van der Waals surface area contributed by atoms with Gasteiger partial charge in [0.2, 0.25) is 5.11 Å². The summed E-state index contributed by atoms with van der Waals surface area (Å²) in [6, 6.07) is 31.5. The Morgan fingerprint density at radius 3 is 1.36 bits per heavy atom. The second-order valence-corrected chi connectivity index (χ2v) is 11.9. The summed E-state index contributed by atoms with van der Waals surface area (Å²) >= 11 is 17.7. The molecule has 0 amide bonds. The third kappa shape index (κ3) is 5.14. The van der Waals surface area contributed by atoms with Crippen molar-refractivity contribution in [3.63, 3.8) is 0 Å². The minimum atomic E-state index is -1.74. The van der Waals surface area contributed by atoms with Crippen molar-refractivity contribution < 1.29 is 14.3 Å². The molecule has 6 rings (SSSR count). The summed E-state index contributed by atoms with van der Waals surface area (Å²) in [4.78, 5) is 38.5. The van der Waals surface area contributed by atoms with E-state index in [1.54, 1.807) is 48.5 Å². The first-order valence-corrected chi connectivity index (χ1v) is 15.0. The zero-order chi connectivity index (χ0) is 31.0. The van der Waals surface area contributed by atoms with Crippen LogP contribution in [-0.2, 0) is 4.74 Å². The van der Waals surface area contributed by atoms with E-state index in [1.807, 2.05) is 60.7 Å². The molecule has 1 saturated heterocycles. The van der Waals surface area contributed by atoms with Crippen LogP contribution in [-0.4, -0.2) is 28.4 Å². The number of hydrogen-bond donors (Lipinski definition) is 2. The number of thiocarbonyl (C=S) groups is 1. The van der Waals surface area contributed by atoms with E-state index >= 15 is 0 Å². The van der Waals surface area contributed by atoms with Crippen LogP contribution in [0.1, 0.15) is 44.1 Å². The van der Waals surface area contributed by atoms with Gasteiger partial charge >= 0.3 is 0 Å². The fourth-order valence-electron chi connectivity index (χ4n) is 6.27. The third-order valence-electron chi connectivity index (χ3n) is 8.24. The van der Waals surface area contributed by atoms with E-state index in [2.05, 4.69) is 9.98 Å². The van der Waals surface area contributed by atoms with Crippen LogP contribution < -0.4 is 11.5 Å². The number of carbonyl (C=O) groups excluding carboxylic acids is 2. The monoisotopic (exact) mass is 640 g/mol. The van der Waals surface area contributed by atoms with Crippen molar-refractivity contribution in [1.29, 1.82) is 0 Å². The second-order valence-electron chi connectivity index (χ2n) is 10.6. The summed E-state index contributed by atoms with van der Waals surface area (Å²) in [7, 11) is 0. The van der Waals surface area contributed by atoms with Crippen molar-refractivity contribution in [3.8, 4) is 0 Å². The molecule has 2 heterocycles. The van der Waals surface area contributed by atoms with E-state index in [1.165, 1.54) is 0 Å². The average Bonchev–Trinajstić information content (AvgIpc) is 3.03. The molecular weight excluding hydrogens is 615 g/mol. The highest BCUT2D eigenvalue weighted by atomic mass is 35.5. The van der Waals surface area contributed by atoms with Crippen molar-refractivity contribution in [2.75, 3.05) is 0 Å². The Hall–Kier alpha value is -4.21. The minimum Gasteiger partial charge on any atom is -0.386 e. The van der Waals surface area contributed by atoms with E-state index < -0.39 is 29.5 Å². The van der Waals surface area contributed by atoms with Crippen LogP contribution in [0, 0.1) is 17.3 Å². The number of carbonyl (C=O) groups is 2. The number of hydrogen-bond acceptors (Lipinski definition) is 6. The summed E-state index contributed by atoms with van der Waals surface area (Å²) < 4.78 is 6.92. The normalized spacial score (nSPS) is 22.6. The standard InChI is InChI=1S/C34H26Cl2N4O3S/c35-23-15-11-19(12-16-23)27(41)25-29(21-7-3-1-4-8-21)43-30(22-9-5-2-6-10-22)26(28(42)20-13-17-24(36)18-14-20)34(25)31(37)39-33(44)40-32(34)38/h1-18,25-26,29-30H,(H4,37,38,39,40,44). The van der Waals surface area contributed by atoms with E-state index in [0.29, 0.717) is 32.3 Å². The first-order valence-electron chi connectivity index (χ1n) is 13.8. The molecule has 44 heavy (non-hydrogen) atoms. The van der Waals surface area contributed by atoms with E-state index in [9.17, 15) is 9.59 Å². The molecule has 0 saturated carbocycles. The SMILES string of the molecule is NC1=NC(=S)N=C(N)C12C(C(=O)c1ccc(Cl)cc1)C(c1ccccc1)OC(c1ccccc1)C2C(=O)c1ccc(Cl)cc1. The highest BCUT2D eigenvalue weighted by Crippen LogP contribution is 2.58. The summed E-state index contributed by atoms with van der Waals surface area (Å²) in [6.07, 6.45) is -1.85. The fourth-order valence-corrected chi connectivity index (χ4v) is 6.72. The largest absolute Gasteiger partial charge is 0.386 e. The number of amidine groups is 2. The van der Waals surface area contributed by atoms with Gasteiger partial charge in [-0.15, -0.1) is 0 Å². The number of aliphatic imine (C=N–C) groups is 2. The van der Waals surface area contributed by atoms with Crippen molar-refractivity contribution in [2.45, 2.75) is 12.2 Å². The van der Waals surface area contributed by atoms with Crippen LogP contribution in [0.25, 0.3) is 0 Å². The number of ketones is 2. The van der Waals surface area contributed by atoms with Crippen LogP contribution >= 0.6 is 35.4 Å². The first-order chi connectivity index (χ1) is 21.2. The lowest BCUT2D eigenvalue weighted by Gasteiger charge is -2.54. The van der Waals surface area contributed by atoms with Gasteiger partial charge in [-0.2, -0.15) is 0 Å². The zero-order valence-electron chi connectivity index (χ0n) is 23.1. The van der Waals surface area contributed by atoms with Gasteiger partial charge < -0.3 is 16.2 Å². The molecule has 220 valence electrons. The molecule has 2 aliphatic rings. The smallest absolute Gasteiger partial charge is 0.222 e. The zero-order valence-corrected chi connectivity index (χ0v) is 25.5. The quantitative estimate of drug-likeness (QED) is 0.177. The maximum Gasteiger partial charge on any atom is 0.222 e. The molecule has 0 aliphatic carbocycles. The van der Waals surface area contributed by atoms with Gasteiger partial charge in [-0.3, -0.25) is 9.59 Å². The predicted octanol–water partition coefficient (Wildman–Crippen LogP) is 6.80. The number of nitrogens with two attached hydrogens (primary N) is 2. The van der Waals surface area contributed by atoms with Crippen LogP contribution in [0.4, 0.5) is 0 Å². The molecule has 4 unspecified atom stereocenters. The molecule has 4 N–H and O–H groups in total. The summed E-state index contributed by atoms with van der Waals surface area (Å²) in [5.41, 5.74) is 14.0. The Bertz CT molecular complexity index is 1670. The number of rotatable bonds is 6. The van der Waals surface area contributed by atoms with Crippen LogP contribution in [0.5, 0.6) is 0 Å². The molecule has 10 heteroatoms. The predicted molar refractivity (Wildman–Crippen MR) is 176 cm³/mol. The Kier molecular flexibility index (Phi) is 8.18. The molecule has 1 spiro atoms. The van der Waals surface area contributed by atoms with E-state index in [-0.39, 0.29) is 28.4 Å². The molecule has 4 aromatic rings. The molecular formula is C34H26Cl2N4O3S. The van der Waals surface area contributed by atoms with Crippen LogP contribution in [0.2, 0.25) is 10.0 Å². The lowest BCUT2D eigenvalue weighted by Crippen LogP contribution is -2.67. The van der Waals surface area contributed by atoms with Crippen molar-refractivity contribution >= 4 is 63.8 Å². The van der Waals surface area contributed by atoms with Crippen molar-refractivity contribution in [3.05, 3.63) is 141 Å². The molecule has 7 nitrogen and oxygen atoms in total. The maximum absolute atomic E-state index is 14.8. The topological polar surface area (TPSA) is 120 Å². The Balaban J connectivity index is 1.69. The number of nitrogens with zero attached hydrogens (tertiary/aromatic N) is 2. The highest BCUT2D eigenvalue weighted by Gasteiger charge is 2.66. The number of Topliss-reactive ketones (excluding diaryl/α,β-unsaturated/α-hetero) is 2. The molecule has 0 radical (unpaired) electrons. The summed E-state index contributed by atoms with van der Waals surface area (Å²) in [6.45, 7) is 0. The van der Waals surface area contributed by atoms with E-state index in [0.717, 1.165) is 0 Å². The highest BCUT2D eigenvalue weighted by molar-refractivity contribution is 7.80. The number of halogens is 2. The number of ether oxygens (including phenoxy) is 1. The number of benzene rings is 4. The Morgan fingerprint density at radius 2 is 1.00 bits per heavy atom. The Labute approximate surface area is 269 Å². The van der Waals surface area contributed by atoms with Gasteiger partial charge in [0.05, 0.1) is 24.0 Å². The van der Waals surface area contributed by atoms with Crippen molar-refractivity contribution in [2.24, 2.45) is 38.7 Å². The van der Waals surface area contributed by atoms with Crippen molar-refractivity contribution in [1.82, 2.24) is 0 Å². The lowest BCUT2D eigenvalue weighted by molar-refractivity contribution is -0.128. The maximum atomic E-state index is 14.8. The molecule has 2 aliphatic heterocycles. The fraction of sp³-hybridized carbons (Fsp3) is 0.147. The first kappa shape index (κ1) is 29.8. The van der Waals surface area contributed by atoms with Gasteiger partial charge in [0.1, 0.15) is 17.1 Å². The summed E-state index contributed by atoms with van der Waals surface area (Å²) in [5.74, 6) is -3.27. The van der Waals surface area contributed by atoms with Gasteiger partial charge in [-0.25, -0.2) is 9.98 Å². The molecule has 0 aromatic heterocycles. The molecule has 4 atom stereocenters. The average molecular weight is 642 g/mol. The molecule has 0 bridgehead atoms. The minimum absolute atomic E-state index is 0.0835. The van der Waals surface area contributed by atoms with Gasteiger partial charge in [0.25, 0.3) is 0 Å². The van der Waals surface area contributed by atoms with Crippen LogP contribution in [0.15, 0.2) is 119 Å². The van der Waals surface area contributed by atoms with Gasteiger partial charge in [0, 0.05) is 21.2 Å². The Morgan fingerprint density at radius 1 is 0.636 bits per heavy atom. The van der Waals surface area contributed by atoms with Gasteiger partial charge in [0.15, 0.2) is 11.6 Å². The van der Waals surface area contributed by atoms with Gasteiger partial charge in [-0.1, -0.05) is 83.9 Å². The van der Waals surface area contributed by atoms with Crippen LogP contribution in [0.3, 0.4) is 0 Å². The summed E-state index contributed by atoms with van der Waals surface area (Å²) in [5, 5.41) is 0.821. The molecule has 4 aromatic carbocycles. The third-order valence-corrected chi connectivity index (χ3v) is 8.92.